The van der Waals surface area contributed by atoms with E-state index in [2.05, 4.69) is 17.2 Å². The van der Waals surface area contributed by atoms with Gasteiger partial charge in [-0.1, -0.05) is 11.8 Å². The van der Waals surface area contributed by atoms with Crippen LogP contribution in [0.4, 0.5) is 18.9 Å². The molecule has 0 spiro atoms. The van der Waals surface area contributed by atoms with Crippen LogP contribution in [0.1, 0.15) is 29.5 Å². The number of rotatable bonds is 4. The third kappa shape index (κ3) is 5.64. The third-order valence-corrected chi connectivity index (χ3v) is 5.35. The molecule has 172 valence electrons. The SMILES string of the molecule is COc1ccc(C#CC(O)(C(=O)Nc2ccc(C#N)c(C(F)(F)F)c2)C2CCOCC2)cc1. The lowest BCUT2D eigenvalue weighted by Crippen LogP contribution is -2.50. The molecule has 0 aliphatic carbocycles. The third-order valence-electron chi connectivity index (χ3n) is 5.35. The molecule has 2 aromatic rings. The number of ether oxygens (including phenoxy) is 2. The predicted octanol–water partition coefficient (Wildman–Crippen LogP) is 3.73. The minimum absolute atomic E-state index is 0.206. The van der Waals surface area contributed by atoms with Gasteiger partial charge in [0.2, 0.25) is 5.60 Å². The Morgan fingerprint density at radius 3 is 2.42 bits per heavy atom. The molecule has 0 bridgehead atoms. The molecule has 2 N–H and O–H groups in total. The summed E-state index contributed by atoms with van der Waals surface area (Å²) in [6.07, 6.45) is -4.08. The lowest BCUT2D eigenvalue weighted by atomic mass is 9.81. The molecule has 0 aromatic heterocycles. The van der Waals surface area contributed by atoms with Crippen LogP contribution < -0.4 is 10.1 Å². The number of anilines is 1. The van der Waals surface area contributed by atoms with Crippen LogP contribution >= 0.6 is 0 Å². The lowest BCUT2D eigenvalue weighted by Gasteiger charge is -2.33. The van der Waals surface area contributed by atoms with Gasteiger partial charge in [0.1, 0.15) is 5.75 Å². The Bertz CT molecular complexity index is 1110. The van der Waals surface area contributed by atoms with Crippen LogP contribution in [0.3, 0.4) is 0 Å². The second-order valence-corrected chi connectivity index (χ2v) is 7.46. The first-order valence-corrected chi connectivity index (χ1v) is 10.1. The lowest BCUT2D eigenvalue weighted by molar-refractivity contribution is -0.138. The van der Waals surface area contributed by atoms with Crippen LogP contribution in [-0.4, -0.2) is 36.9 Å². The highest BCUT2D eigenvalue weighted by molar-refractivity contribution is 6.00. The van der Waals surface area contributed by atoms with Gasteiger partial charge in [-0.3, -0.25) is 4.79 Å². The molecule has 1 fully saturated rings. The molecular formula is C24H21F3N2O4. The fraction of sp³-hybridized carbons (Fsp3) is 0.333. The van der Waals surface area contributed by atoms with Crippen molar-refractivity contribution < 1.29 is 32.5 Å². The van der Waals surface area contributed by atoms with E-state index in [4.69, 9.17) is 14.7 Å². The molecule has 0 saturated carbocycles. The molecule has 1 saturated heterocycles. The standard InChI is InChI=1S/C24H21F3N2O4/c1-32-20-6-2-16(3-7-20)8-11-23(31,18-9-12-33-13-10-18)22(30)29-19-5-4-17(15-28)21(14-19)24(25,26)27/h2-7,14,18,31H,9-10,12-13H2,1H3,(H,29,30). The van der Waals surface area contributed by atoms with Crippen LogP contribution in [0.25, 0.3) is 0 Å². The summed E-state index contributed by atoms with van der Waals surface area (Å²) in [6.45, 7) is 0.638. The predicted molar refractivity (Wildman–Crippen MR) is 113 cm³/mol. The van der Waals surface area contributed by atoms with Gasteiger partial charge in [-0.2, -0.15) is 18.4 Å². The maximum atomic E-state index is 13.3. The number of alkyl halides is 3. The normalized spacial score (nSPS) is 16.0. The van der Waals surface area contributed by atoms with E-state index in [1.165, 1.54) is 19.2 Å². The quantitative estimate of drug-likeness (QED) is 0.682. The molecule has 33 heavy (non-hydrogen) atoms. The highest BCUT2D eigenvalue weighted by atomic mass is 19.4. The van der Waals surface area contributed by atoms with E-state index in [9.17, 15) is 23.1 Å². The van der Waals surface area contributed by atoms with E-state index in [-0.39, 0.29) is 5.69 Å². The van der Waals surface area contributed by atoms with Crippen molar-refractivity contribution in [2.45, 2.75) is 24.6 Å². The number of nitrogens with zero attached hydrogens (tertiary/aromatic N) is 1. The number of hydrogen-bond donors (Lipinski definition) is 2. The molecular weight excluding hydrogens is 437 g/mol. The zero-order valence-electron chi connectivity index (χ0n) is 17.7. The number of nitrogens with one attached hydrogen (secondary N) is 1. The van der Waals surface area contributed by atoms with E-state index in [1.807, 2.05) is 0 Å². The van der Waals surface area contributed by atoms with Crippen LogP contribution in [0.15, 0.2) is 42.5 Å². The molecule has 1 aliphatic rings. The average Bonchev–Trinajstić information content (AvgIpc) is 2.82. The van der Waals surface area contributed by atoms with Gasteiger partial charge in [-0.25, -0.2) is 0 Å². The first-order chi connectivity index (χ1) is 15.7. The molecule has 1 aliphatic heterocycles. The van der Waals surface area contributed by atoms with Gasteiger partial charge in [0, 0.05) is 30.4 Å². The highest BCUT2D eigenvalue weighted by Crippen LogP contribution is 2.34. The topological polar surface area (TPSA) is 91.6 Å². The number of aliphatic hydroxyl groups is 1. The van der Waals surface area contributed by atoms with Crippen molar-refractivity contribution in [2.24, 2.45) is 5.92 Å². The number of carbonyl (C=O) groups is 1. The number of benzene rings is 2. The summed E-state index contributed by atoms with van der Waals surface area (Å²) in [4.78, 5) is 13.1. The largest absolute Gasteiger partial charge is 0.497 e. The Morgan fingerprint density at radius 1 is 1.18 bits per heavy atom. The second kappa shape index (κ2) is 9.95. The summed E-state index contributed by atoms with van der Waals surface area (Å²) in [5.74, 6) is 4.48. The molecule has 6 nitrogen and oxygen atoms in total. The van der Waals surface area contributed by atoms with Crippen molar-refractivity contribution in [3.63, 3.8) is 0 Å². The monoisotopic (exact) mass is 458 g/mol. The first kappa shape index (κ1) is 24.1. The van der Waals surface area contributed by atoms with Crippen molar-refractivity contribution in [1.82, 2.24) is 0 Å². The van der Waals surface area contributed by atoms with E-state index < -0.39 is 34.7 Å². The molecule has 1 amide bonds. The van der Waals surface area contributed by atoms with Crippen molar-refractivity contribution in [3.8, 4) is 23.7 Å². The van der Waals surface area contributed by atoms with Crippen molar-refractivity contribution in [2.75, 3.05) is 25.6 Å². The fourth-order valence-electron chi connectivity index (χ4n) is 3.48. The molecule has 1 heterocycles. The highest BCUT2D eigenvalue weighted by Gasteiger charge is 2.43. The van der Waals surface area contributed by atoms with E-state index >= 15 is 0 Å². The van der Waals surface area contributed by atoms with Gasteiger partial charge in [-0.05, 0) is 55.3 Å². The van der Waals surface area contributed by atoms with Gasteiger partial charge in [0.15, 0.2) is 0 Å². The van der Waals surface area contributed by atoms with Crippen LogP contribution in [-0.2, 0) is 15.7 Å². The molecule has 3 rings (SSSR count). The molecule has 1 unspecified atom stereocenters. The van der Waals surface area contributed by atoms with Gasteiger partial charge in [0.25, 0.3) is 5.91 Å². The van der Waals surface area contributed by atoms with E-state index in [0.717, 1.165) is 6.07 Å². The number of methoxy groups -OCH3 is 1. The number of halogens is 3. The minimum Gasteiger partial charge on any atom is -0.497 e. The summed E-state index contributed by atoms with van der Waals surface area (Å²) in [5.41, 5.74) is -3.60. The zero-order chi connectivity index (χ0) is 24.1. The summed E-state index contributed by atoms with van der Waals surface area (Å²) in [6, 6.07) is 11.0. The Morgan fingerprint density at radius 2 is 1.85 bits per heavy atom. The Kier molecular flexibility index (Phi) is 7.27. The van der Waals surface area contributed by atoms with Crippen molar-refractivity contribution in [3.05, 3.63) is 59.2 Å². The summed E-state index contributed by atoms with van der Waals surface area (Å²) < 4.78 is 50.2. The van der Waals surface area contributed by atoms with Gasteiger partial charge in [-0.15, -0.1) is 0 Å². The van der Waals surface area contributed by atoms with Gasteiger partial charge < -0.3 is 19.9 Å². The fourth-order valence-corrected chi connectivity index (χ4v) is 3.48. The average molecular weight is 458 g/mol. The molecule has 1 atom stereocenters. The Hall–Kier alpha value is -3.53. The number of amides is 1. The van der Waals surface area contributed by atoms with Crippen LogP contribution in [0, 0.1) is 29.1 Å². The maximum Gasteiger partial charge on any atom is 0.417 e. The number of carbonyl (C=O) groups excluding carboxylic acids is 1. The van der Waals surface area contributed by atoms with Gasteiger partial charge in [0.05, 0.1) is 24.3 Å². The van der Waals surface area contributed by atoms with E-state index in [0.29, 0.717) is 43.4 Å². The second-order valence-electron chi connectivity index (χ2n) is 7.46. The number of nitriles is 1. The molecule has 2 aromatic carbocycles. The first-order valence-electron chi connectivity index (χ1n) is 10.1. The van der Waals surface area contributed by atoms with Crippen LogP contribution in [0.2, 0.25) is 0 Å². The minimum atomic E-state index is -4.78. The van der Waals surface area contributed by atoms with Crippen LogP contribution in [0.5, 0.6) is 5.75 Å². The van der Waals surface area contributed by atoms with Gasteiger partial charge >= 0.3 is 6.18 Å². The maximum absolute atomic E-state index is 13.3. The van der Waals surface area contributed by atoms with Crippen molar-refractivity contribution in [1.29, 1.82) is 5.26 Å². The van der Waals surface area contributed by atoms with Crippen molar-refractivity contribution >= 4 is 11.6 Å². The zero-order valence-corrected chi connectivity index (χ0v) is 17.7. The Balaban J connectivity index is 1.93. The van der Waals surface area contributed by atoms with E-state index in [1.54, 1.807) is 24.3 Å². The summed E-state index contributed by atoms with van der Waals surface area (Å²) in [5, 5.41) is 22.6. The Labute approximate surface area is 188 Å². The molecule has 0 radical (unpaired) electrons. The smallest absolute Gasteiger partial charge is 0.417 e. The summed E-state index contributed by atoms with van der Waals surface area (Å²) in [7, 11) is 1.52. The number of hydrogen-bond acceptors (Lipinski definition) is 5. The molecule has 9 heteroatoms. The summed E-state index contributed by atoms with van der Waals surface area (Å²) >= 11 is 0.